The largest absolute Gasteiger partial charge is 0.485 e. The van der Waals surface area contributed by atoms with Crippen LogP contribution in [0.3, 0.4) is 0 Å². The topological polar surface area (TPSA) is 89.6 Å². The Labute approximate surface area is 120 Å². The minimum absolute atomic E-state index is 0.0990. The standard InChI is InChI=1S/C14H15N3O4/c18-8-5-9(15-6-8)14-16-13(17-21-14)12-7-19-10-3-1-2-4-11(10)20-12/h1-4,8-9,12,15,18H,5-7H2. The van der Waals surface area contributed by atoms with Gasteiger partial charge in [-0.1, -0.05) is 17.3 Å². The van der Waals surface area contributed by atoms with Crippen LogP contribution >= 0.6 is 0 Å². The number of ether oxygens (including phenoxy) is 2. The van der Waals surface area contributed by atoms with E-state index in [1.165, 1.54) is 0 Å². The highest BCUT2D eigenvalue weighted by Gasteiger charge is 2.31. The number of aliphatic hydroxyl groups excluding tert-OH is 1. The Balaban J connectivity index is 1.52. The highest BCUT2D eigenvalue weighted by atomic mass is 16.6. The fourth-order valence-electron chi connectivity index (χ4n) is 2.57. The van der Waals surface area contributed by atoms with E-state index in [-0.39, 0.29) is 18.2 Å². The summed E-state index contributed by atoms with van der Waals surface area (Å²) in [4.78, 5) is 4.37. The van der Waals surface area contributed by atoms with Gasteiger partial charge in [-0.2, -0.15) is 4.98 Å². The maximum Gasteiger partial charge on any atom is 0.244 e. The van der Waals surface area contributed by atoms with Crippen molar-refractivity contribution in [3.8, 4) is 11.5 Å². The van der Waals surface area contributed by atoms with Crippen molar-refractivity contribution in [2.24, 2.45) is 0 Å². The molecule has 4 rings (SSSR count). The normalized spacial score (nSPS) is 27.8. The molecule has 0 spiro atoms. The van der Waals surface area contributed by atoms with Crippen molar-refractivity contribution in [2.75, 3.05) is 13.2 Å². The zero-order chi connectivity index (χ0) is 14.2. The van der Waals surface area contributed by atoms with Crippen LogP contribution in [0, 0.1) is 0 Å². The van der Waals surface area contributed by atoms with E-state index in [0.717, 1.165) is 5.75 Å². The Morgan fingerprint density at radius 3 is 2.90 bits per heavy atom. The number of β-amino-alcohol motifs (C(OH)–C–C–N with tert-alkyl or cyclic N) is 1. The second kappa shape index (κ2) is 5.01. The number of fused-ring (bicyclic) bond motifs is 1. The van der Waals surface area contributed by atoms with Gasteiger partial charge in [0, 0.05) is 6.54 Å². The minimum atomic E-state index is -0.385. The van der Waals surface area contributed by atoms with Crippen molar-refractivity contribution in [2.45, 2.75) is 24.7 Å². The number of para-hydroxylation sites is 2. The number of nitrogens with one attached hydrogen (secondary N) is 1. The van der Waals surface area contributed by atoms with Gasteiger partial charge >= 0.3 is 0 Å². The van der Waals surface area contributed by atoms with Gasteiger partial charge in [0.05, 0.1) is 12.1 Å². The summed E-state index contributed by atoms with van der Waals surface area (Å²) >= 11 is 0. The Kier molecular flexibility index (Phi) is 3.01. The van der Waals surface area contributed by atoms with Crippen LogP contribution in [0.1, 0.15) is 30.3 Å². The number of nitrogens with zero attached hydrogens (tertiary/aromatic N) is 2. The predicted molar refractivity (Wildman–Crippen MR) is 71.0 cm³/mol. The van der Waals surface area contributed by atoms with Crippen molar-refractivity contribution in [3.05, 3.63) is 36.0 Å². The Morgan fingerprint density at radius 2 is 2.10 bits per heavy atom. The molecule has 1 aromatic heterocycles. The van der Waals surface area contributed by atoms with Gasteiger partial charge in [-0.15, -0.1) is 0 Å². The molecule has 2 aliphatic rings. The van der Waals surface area contributed by atoms with Crippen LogP contribution in [-0.4, -0.2) is 34.5 Å². The molecule has 0 bridgehead atoms. The van der Waals surface area contributed by atoms with Crippen LogP contribution in [0.4, 0.5) is 0 Å². The van der Waals surface area contributed by atoms with Gasteiger partial charge in [-0.3, -0.25) is 0 Å². The smallest absolute Gasteiger partial charge is 0.244 e. The lowest BCUT2D eigenvalue weighted by atomic mass is 10.2. The summed E-state index contributed by atoms with van der Waals surface area (Å²) < 4.78 is 16.7. The van der Waals surface area contributed by atoms with E-state index in [4.69, 9.17) is 14.0 Å². The van der Waals surface area contributed by atoms with Crippen molar-refractivity contribution < 1.29 is 19.1 Å². The van der Waals surface area contributed by atoms with Gasteiger partial charge < -0.3 is 24.4 Å². The number of hydrogen-bond acceptors (Lipinski definition) is 7. The second-order valence-electron chi connectivity index (χ2n) is 5.21. The Morgan fingerprint density at radius 1 is 1.24 bits per heavy atom. The molecule has 2 N–H and O–H groups in total. The average Bonchev–Trinajstić information content (AvgIpc) is 3.15. The number of hydrogen-bond donors (Lipinski definition) is 2. The SMILES string of the molecule is OC1CNC(c2nc(C3COc4ccccc4O3)no2)C1. The summed E-state index contributed by atoms with van der Waals surface area (Å²) in [7, 11) is 0. The zero-order valence-electron chi connectivity index (χ0n) is 11.2. The maximum absolute atomic E-state index is 9.53. The van der Waals surface area contributed by atoms with E-state index in [0.29, 0.717) is 37.0 Å². The Hall–Kier alpha value is -2.12. The number of aromatic nitrogens is 2. The number of rotatable bonds is 2. The fraction of sp³-hybridized carbons (Fsp3) is 0.429. The van der Waals surface area contributed by atoms with E-state index >= 15 is 0 Å². The van der Waals surface area contributed by atoms with Gasteiger partial charge in [0.1, 0.15) is 6.61 Å². The molecule has 1 aromatic carbocycles. The molecule has 0 saturated carbocycles. The molecule has 0 aliphatic carbocycles. The van der Waals surface area contributed by atoms with Gasteiger partial charge in [0.25, 0.3) is 0 Å². The van der Waals surface area contributed by atoms with E-state index in [1.807, 2.05) is 24.3 Å². The van der Waals surface area contributed by atoms with Crippen molar-refractivity contribution in [3.63, 3.8) is 0 Å². The summed E-state index contributed by atoms with van der Waals surface area (Å²) in [5.41, 5.74) is 0. The van der Waals surface area contributed by atoms with Gasteiger partial charge in [0.15, 0.2) is 17.6 Å². The van der Waals surface area contributed by atoms with Crippen LogP contribution in [0.25, 0.3) is 0 Å². The first-order chi connectivity index (χ1) is 10.3. The van der Waals surface area contributed by atoms with Gasteiger partial charge in [-0.25, -0.2) is 0 Å². The first-order valence-electron chi connectivity index (χ1n) is 6.93. The van der Waals surface area contributed by atoms with Crippen molar-refractivity contribution in [1.82, 2.24) is 15.5 Å². The van der Waals surface area contributed by atoms with E-state index in [1.54, 1.807) is 0 Å². The molecule has 3 unspecified atom stereocenters. The van der Waals surface area contributed by atoms with Crippen molar-refractivity contribution in [1.29, 1.82) is 0 Å². The van der Waals surface area contributed by atoms with E-state index in [2.05, 4.69) is 15.5 Å². The summed E-state index contributed by atoms with van der Waals surface area (Å²) in [5, 5.41) is 16.6. The zero-order valence-corrected chi connectivity index (χ0v) is 11.2. The summed E-state index contributed by atoms with van der Waals surface area (Å²) in [5.74, 6) is 2.33. The van der Waals surface area contributed by atoms with Gasteiger partial charge in [0.2, 0.25) is 11.7 Å². The monoisotopic (exact) mass is 289 g/mol. The molecule has 1 fully saturated rings. The minimum Gasteiger partial charge on any atom is -0.485 e. The summed E-state index contributed by atoms with van der Waals surface area (Å²) in [6.07, 6.45) is -0.179. The molecule has 7 heteroatoms. The molecule has 1 saturated heterocycles. The van der Waals surface area contributed by atoms with Crippen LogP contribution in [-0.2, 0) is 0 Å². The molecule has 0 radical (unpaired) electrons. The van der Waals surface area contributed by atoms with Gasteiger partial charge in [-0.05, 0) is 18.6 Å². The lowest BCUT2D eigenvalue weighted by Crippen LogP contribution is -2.22. The van der Waals surface area contributed by atoms with Crippen LogP contribution < -0.4 is 14.8 Å². The quantitative estimate of drug-likeness (QED) is 0.851. The molecule has 2 aliphatic heterocycles. The lowest BCUT2D eigenvalue weighted by Gasteiger charge is -2.24. The molecule has 3 heterocycles. The van der Waals surface area contributed by atoms with E-state index < -0.39 is 0 Å². The number of benzene rings is 1. The molecule has 3 atom stereocenters. The first-order valence-corrected chi connectivity index (χ1v) is 6.93. The molecule has 21 heavy (non-hydrogen) atoms. The van der Waals surface area contributed by atoms with Crippen LogP contribution in [0.5, 0.6) is 11.5 Å². The highest BCUT2D eigenvalue weighted by Crippen LogP contribution is 2.35. The van der Waals surface area contributed by atoms with Crippen molar-refractivity contribution >= 4 is 0 Å². The fourth-order valence-corrected chi connectivity index (χ4v) is 2.57. The summed E-state index contributed by atoms with van der Waals surface area (Å²) in [6.45, 7) is 0.884. The number of aliphatic hydroxyl groups is 1. The maximum atomic E-state index is 9.53. The molecule has 110 valence electrons. The lowest BCUT2D eigenvalue weighted by molar-refractivity contribution is 0.0832. The third-order valence-electron chi connectivity index (χ3n) is 3.66. The van der Waals surface area contributed by atoms with Crippen LogP contribution in [0.2, 0.25) is 0 Å². The summed E-state index contributed by atoms with van der Waals surface area (Å²) in [6, 6.07) is 7.38. The third kappa shape index (κ3) is 2.34. The molecular weight excluding hydrogens is 274 g/mol. The molecule has 7 nitrogen and oxygen atoms in total. The first kappa shape index (κ1) is 12.6. The predicted octanol–water partition coefficient (Wildman–Crippen LogP) is 0.977. The van der Waals surface area contributed by atoms with E-state index in [9.17, 15) is 5.11 Å². The third-order valence-corrected chi connectivity index (χ3v) is 3.66. The second-order valence-corrected chi connectivity index (χ2v) is 5.21. The average molecular weight is 289 g/mol. The molecule has 0 amide bonds. The molecule has 2 aromatic rings. The molecular formula is C14H15N3O4. The highest BCUT2D eigenvalue weighted by molar-refractivity contribution is 5.40. The Bertz CT molecular complexity index is 645. The van der Waals surface area contributed by atoms with Crippen LogP contribution in [0.15, 0.2) is 28.8 Å².